The second-order valence-corrected chi connectivity index (χ2v) is 16.2. The monoisotopic (exact) mass is 828 g/mol. The fourth-order valence-corrected chi connectivity index (χ4v) is 7.81. The molecule has 0 amide bonds. The van der Waals surface area contributed by atoms with Crippen LogP contribution >= 0.6 is 7.82 Å². The van der Waals surface area contributed by atoms with Crippen molar-refractivity contribution in [3.8, 4) is 23.6 Å². The van der Waals surface area contributed by atoms with E-state index in [9.17, 15) is 30.2 Å². The third kappa shape index (κ3) is 13.6. The molecule has 1 aliphatic rings. The number of anilines is 1. The van der Waals surface area contributed by atoms with E-state index in [2.05, 4.69) is 17.0 Å². The number of phosphoric acid groups is 1. The minimum atomic E-state index is -4.81. The molecule has 6 atom stereocenters. The first-order valence-corrected chi connectivity index (χ1v) is 22.1. The smallest absolute Gasteiger partial charge is 0.472 e. The first-order chi connectivity index (χ1) is 28.1. The second kappa shape index (κ2) is 24.3. The Morgan fingerprint density at radius 2 is 1.57 bits per heavy atom. The number of aliphatic hydroxyl groups is 2. The molecule has 3 aromatic rings. The summed E-state index contributed by atoms with van der Waals surface area (Å²) in [4.78, 5) is 14.5. The van der Waals surface area contributed by atoms with E-state index in [-0.39, 0.29) is 18.1 Å². The average molecular weight is 829 g/mol. The molecule has 17 heteroatoms. The molecule has 320 valence electrons. The Bertz CT molecular complexity index is 1820. The van der Waals surface area contributed by atoms with Crippen LogP contribution in [0.2, 0.25) is 0 Å². The molecule has 1 unspecified atom stereocenters. The van der Waals surface area contributed by atoms with Gasteiger partial charge in [-0.2, -0.15) is 15.6 Å². The van der Waals surface area contributed by atoms with Crippen molar-refractivity contribution in [1.29, 1.82) is 10.5 Å². The number of hydrogen-bond acceptors (Lipinski definition) is 14. The molecule has 4 rings (SSSR count). The summed E-state index contributed by atoms with van der Waals surface area (Å²) in [7, 11) is -3.39. The first-order valence-electron chi connectivity index (χ1n) is 20.6. The van der Waals surface area contributed by atoms with Crippen LogP contribution in [0, 0.1) is 22.7 Å². The van der Waals surface area contributed by atoms with Crippen LogP contribution in [0.5, 0.6) is 11.5 Å². The molecule has 1 aliphatic heterocycles. The van der Waals surface area contributed by atoms with Gasteiger partial charge in [-0.25, -0.2) is 14.1 Å². The zero-order valence-electron chi connectivity index (χ0n) is 33.9. The van der Waals surface area contributed by atoms with Gasteiger partial charge in [0, 0.05) is 12.7 Å². The summed E-state index contributed by atoms with van der Waals surface area (Å²) in [5.74, 6) is 0.727. The number of fused-ring (bicyclic) bond motifs is 1. The van der Waals surface area contributed by atoms with Crippen LogP contribution in [0.1, 0.15) is 121 Å². The van der Waals surface area contributed by atoms with E-state index in [1.807, 2.05) is 12.1 Å². The Balaban J connectivity index is 1.22. The molecular weight excluding hydrogens is 767 g/mol. The minimum Gasteiger partial charge on any atom is -0.495 e. The van der Waals surface area contributed by atoms with Crippen molar-refractivity contribution in [2.24, 2.45) is 0 Å². The molecule has 58 heavy (non-hydrogen) atoms. The predicted octanol–water partition coefficient (Wildman–Crippen LogP) is 6.89. The number of benzene rings is 1. The number of nitrogens with two attached hydrogens (primary N) is 1. The van der Waals surface area contributed by atoms with Crippen LogP contribution in [0.15, 0.2) is 36.7 Å². The third-order valence-corrected chi connectivity index (χ3v) is 11.3. The lowest BCUT2D eigenvalue weighted by Gasteiger charge is -2.24. The molecule has 1 saturated heterocycles. The summed E-state index contributed by atoms with van der Waals surface area (Å²) in [6.45, 7) is 1.57. The molecule has 1 aromatic carbocycles. The van der Waals surface area contributed by atoms with Gasteiger partial charge >= 0.3 is 7.82 Å². The molecule has 3 heterocycles. The Kier molecular flexibility index (Phi) is 19.6. The summed E-state index contributed by atoms with van der Waals surface area (Å²) in [5, 5.41) is 45.4. The van der Waals surface area contributed by atoms with Gasteiger partial charge in [-0.3, -0.25) is 9.05 Å². The number of unbranched alkanes of at least 4 members (excludes halogenated alkanes) is 15. The molecule has 0 radical (unpaired) electrons. The first kappa shape index (κ1) is 46.9. The van der Waals surface area contributed by atoms with Gasteiger partial charge in [0.2, 0.25) is 5.60 Å². The zero-order valence-corrected chi connectivity index (χ0v) is 34.8. The van der Waals surface area contributed by atoms with Gasteiger partial charge < -0.3 is 39.8 Å². The average Bonchev–Trinajstić information content (AvgIpc) is 3.77. The Hall–Kier alpha value is -3.83. The number of phosphoric ester groups is 1. The quantitative estimate of drug-likeness (QED) is 0.0412. The van der Waals surface area contributed by atoms with Crippen LogP contribution in [0.25, 0.3) is 5.52 Å². The van der Waals surface area contributed by atoms with Gasteiger partial charge in [-0.05, 0) is 30.7 Å². The molecule has 0 bridgehead atoms. The number of methoxy groups -OCH3 is 1. The van der Waals surface area contributed by atoms with Crippen LogP contribution in [-0.2, 0) is 28.7 Å². The number of aliphatic hydroxyl groups excluding tert-OH is 2. The maximum atomic E-state index is 13.1. The van der Waals surface area contributed by atoms with Gasteiger partial charge in [0.05, 0.1) is 38.2 Å². The summed E-state index contributed by atoms with van der Waals surface area (Å²) in [6.07, 6.45) is 15.6. The molecule has 0 spiro atoms. The Labute approximate surface area is 341 Å². The number of ether oxygens (including phenoxy) is 4. The molecule has 0 saturated carbocycles. The van der Waals surface area contributed by atoms with Crippen molar-refractivity contribution in [1.82, 2.24) is 14.6 Å². The topological polar surface area (TPSA) is 237 Å². The summed E-state index contributed by atoms with van der Waals surface area (Å²) < 4.78 is 47.9. The molecule has 5 N–H and O–H groups in total. The number of nitriles is 2. The minimum absolute atomic E-state index is 0.0156. The summed E-state index contributed by atoms with van der Waals surface area (Å²) >= 11 is 0. The lowest BCUT2D eigenvalue weighted by atomic mass is 9.92. The van der Waals surface area contributed by atoms with Crippen molar-refractivity contribution in [3.63, 3.8) is 0 Å². The number of nitrogen functional groups attached to an aromatic ring is 1. The van der Waals surface area contributed by atoms with Crippen LogP contribution < -0.4 is 15.2 Å². The number of hydrogen-bond donors (Lipinski definition) is 4. The largest absolute Gasteiger partial charge is 0.495 e. The van der Waals surface area contributed by atoms with E-state index in [1.54, 1.807) is 6.07 Å². The SMILES string of the molecule is CCCCCCCCCCCCCCCCCCOC[C@H](COP(=O)(O)OC[C@H]1O[C@@](C#N)(c2ccc3c(N)ncnn23)[C@H](O)[C@@H]1O)Oc1ccc(C#N)c(OC)c1. The van der Waals surface area contributed by atoms with Crippen LogP contribution in [0.3, 0.4) is 0 Å². The highest BCUT2D eigenvalue weighted by molar-refractivity contribution is 7.47. The maximum Gasteiger partial charge on any atom is 0.472 e. The van der Waals surface area contributed by atoms with E-state index in [0.717, 1.165) is 25.6 Å². The molecule has 0 aliphatic carbocycles. The lowest BCUT2D eigenvalue weighted by Crippen LogP contribution is -2.41. The van der Waals surface area contributed by atoms with Gasteiger partial charge in [-0.15, -0.1) is 0 Å². The second-order valence-electron chi connectivity index (χ2n) is 14.8. The normalized spacial score (nSPS) is 20.7. The third-order valence-electron chi connectivity index (χ3n) is 10.4. The summed E-state index contributed by atoms with van der Waals surface area (Å²) in [6, 6.07) is 11.6. The van der Waals surface area contributed by atoms with Crippen LogP contribution in [0.4, 0.5) is 5.82 Å². The van der Waals surface area contributed by atoms with Crippen LogP contribution in [-0.4, -0.2) is 87.7 Å². The Morgan fingerprint density at radius 1 is 0.931 bits per heavy atom. The zero-order chi connectivity index (χ0) is 41.8. The van der Waals surface area contributed by atoms with Gasteiger partial charge in [0.15, 0.2) is 5.82 Å². The standard InChI is InChI=1S/C41H61N6O10P/c1-3-4-5-6-7-8-9-10-11-12-13-14-15-16-17-18-23-53-26-33(56-32-20-19-31(25-42)35(24-32)52-2)27-54-58(50,51)55-28-36-38(48)39(49)41(29-43,57-36)37-22-21-34-40(44)45-30-46-47(34)37/h19-22,24,30,33,36,38-39,48-49H,3-18,23,26-28H2,1-2H3,(H,50,51)(H2,44,45,46)/t33-,36-,38-,39-,41+/m1/s1. The number of rotatable bonds is 29. The van der Waals surface area contributed by atoms with E-state index in [1.165, 1.54) is 119 Å². The van der Waals surface area contributed by atoms with E-state index < -0.39 is 51.1 Å². The Morgan fingerprint density at radius 3 is 2.17 bits per heavy atom. The van der Waals surface area contributed by atoms with Gasteiger partial charge in [0.25, 0.3) is 0 Å². The summed E-state index contributed by atoms with van der Waals surface area (Å²) in [5.41, 5.74) is 4.51. The van der Waals surface area contributed by atoms with E-state index in [4.69, 9.17) is 33.7 Å². The number of aromatic nitrogens is 3. The van der Waals surface area contributed by atoms with E-state index >= 15 is 0 Å². The van der Waals surface area contributed by atoms with Crippen molar-refractivity contribution in [3.05, 3.63) is 47.9 Å². The van der Waals surface area contributed by atoms with Crippen molar-refractivity contribution < 1.29 is 47.7 Å². The van der Waals surface area contributed by atoms with Crippen molar-refractivity contribution in [2.45, 2.75) is 140 Å². The van der Waals surface area contributed by atoms with Gasteiger partial charge in [0.1, 0.15) is 59.9 Å². The highest BCUT2D eigenvalue weighted by Gasteiger charge is 2.58. The molecular formula is C41H61N6O10P. The van der Waals surface area contributed by atoms with Crippen molar-refractivity contribution >= 4 is 19.2 Å². The predicted molar refractivity (Wildman–Crippen MR) is 216 cm³/mol. The van der Waals surface area contributed by atoms with E-state index in [0.29, 0.717) is 29.2 Å². The highest BCUT2D eigenvalue weighted by atomic mass is 31.2. The lowest BCUT2D eigenvalue weighted by molar-refractivity contribution is -0.0651. The fourth-order valence-electron chi connectivity index (χ4n) is 7.05. The molecule has 2 aromatic heterocycles. The van der Waals surface area contributed by atoms with Crippen molar-refractivity contribution in [2.75, 3.05) is 39.3 Å². The fraction of sp³-hybridized carbons (Fsp3) is 0.659. The number of nitrogens with zero attached hydrogens (tertiary/aromatic N) is 5. The maximum absolute atomic E-state index is 13.1. The van der Waals surface area contributed by atoms with Gasteiger partial charge in [-0.1, -0.05) is 103 Å². The molecule has 16 nitrogen and oxygen atoms in total. The highest BCUT2D eigenvalue weighted by Crippen LogP contribution is 2.46. The molecule has 1 fully saturated rings.